The molecule has 0 saturated carbocycles. The fraction of sp³-hybridized carbons (Fsp3) is 0.200. The number of benzene rings is 1. The van der Waals surface area contributed by atoms with Gasteiger partial charge in [0.05, 0.1) is 6.54 Å². The topological polar surface area (TPSA) is 88.8 Å². The normalized spacial score (nSPS) is 11.8. The Morgan fingerprint density at radius 1 is 1.19 bits per heavy atom. The van der Waals surface area contributed by atoms with Crippen LogP contribution in [-0.4, -0.2) is 19.0 Å². The molecule has 5 N–H and O–H groups in total. The molecule has 0 bridgehead atoms. The zero-order chi connectivity index (χ0) is 11.1. The molecule has 0 saturated heterocycles. The third-order valence-corrected chi connectivity index (χ3v) is 1.77. The summed E-state index contributed by atoms with van der Waals surface area (Å²) in [4.78, 5) is 7.81. The Morgan fingerprint density at radius 3 is 2.38 bits per heavy atom. The Balaban J connectivity index is 0.00000225. The molecule has 16 heavy (non-hydrogen) atoms. The molecule has 88 valence electrons. The van der Waals surface area contributed by atoms with Crippen molar-refractivity contribution in [3.05, 3.63) is 35.9 Å². The summed E-state index contributed by atoms with van der Waals surface area (Å²) < 4.78 is 0. The van der Waals surface area contributed by atoms with E-state index in [1.165, 1.54) is 0 Å². The summed E-state index contributed by atoms with van der Waals surface area (Å²) in [5, 5.41) is 2.66. The summed E-state index contributed by atoms with van der Waals surface area (Å²) in [6, 6.07) is 9.82. The van der Waals surface area contributed by atoms with Crippen molar-refractivity contribution in [2.45, 2.75) is 6.54 Å². The summed E-state index contributed by atoms with van der Waals surface area (Å²) in [6.45, 7) is 0.524. The molecule has 0 radical (unpaired) electrons. The van der Waals surface area contributed by atoms with Crippen molar-refractivity contribution in [3.63, 3.8) is 0 Å². The number of rotatable bonds is 2. The molecular formula is C10H16ClN5. The lowest BCUT2D eigenvalue weighted by atomic mass is 10.2. The molecule has 0 aliphatic heterocycles. The van der Waals surface area contributed by atoms with E-state index in [0.717, 1.165) is 5.56 Å². The van der Waals surface area contributed by atoms with Crippen LogP contribution in [0.2, 0.25) is 0 Å². The van der Waals surface area contributed by atoms with Crippen LogP contribution >= 0.6 is 12.4 Å². The molecule has 0 amide bonds. The second-order valence-corrected chi connectivity index (χ2v) is 2.92. The second-order valence-electron chi connectivity index (χ2n) is 2.92. The number of halogens is 1. The molecule has 0 heterocycles. The zero-order valence-corrected chi connectivity index (χ0v) is 9.87. The van der Waals surface area contributed by atoms with Crippen LogP contribution in [0.5, 0.6) is 0 Å². The van der Waals surface area contributed by atoms with Gasteiger partial charge in [0.1, 0.15) is 0 Å². The van der Waals surface area contributed by atoms with E-state index in [9.17, 15) is 0 Å². The molecule has 0 aromatic heterocycles. The minimum atomic E-state index is 0. The van der Waals surface area contributed by atoms with Gasteiger partial charge in [-0.1, -0.05) is 30.3 Å². The molecule has 6 heteroatoms. The Morgan fingerprint density at radius 2 is 1.81 bits per heavy atom. The van der Waals surface area contributed by atoms with Gasteiger partial charge in [0, 0.05) is 7.05 Å². The van der Waals surface area contributed by atoms with Crippen LogP contribution < -0.4 is 16.8 Å². The van der Waals surface area contributed by atoms with Crippen molar-refractivity contribution in [1.29, 1.82) is 0 Å². The lowest BCUT2D eigenvalue weighted by molar-refractivity contribution is 1.03. The highest BCUT2D eigenvalue weighted by Gasteiger charge is 1.93. The van der Waals surface area contributed by atoms with Gasteiger partial charge >= 0.3 is 0 Å². The van der Waals surface area contributed by atoms with E-state index in [1.54, 1.807) is 7.05 Å². The monoisotopic (exact) mass is 241 g/mol. The molecular weight excluding hydrogens is 226 g/mol. The van der Waals surface area contributed by atoms with Gasteiger partial charge in [0.2, 0.25) is 0 Å². The molecule has 1 rings (SSSR count). The van der Waals surface area contributed by atoms with Crippen LogP contribution in [0, 0.1) is 0 Å². The minimum Gasteiger partial charge on any atom is -0.370 e. The fourth-order valence-corrected chi connectivity index (χ4v) is 0.987. The van der Waals surface area contributed by atoms with E-state index in [4.69, 9.17) is 11.5 Å². The van der Waals surface area contributed by atoms with Gasteiger partial charge in [0.25, 0.3) is 0 Å². The van der Waals surface area contributed by atoms with Gasteiger partial charge in [-0.15, -0.1) is 12.4 Å². The van der Waals surface area contributed by atoms with E-state index in [1.807, 2.05) is 30.3 Å². The van der Waals surface area contributed by atoms with Crippen LogP contribution in [0.3, 0.4) is 0 Å². The first-order valence-corrected chi connectivity index (χ1v) is 4.55. The molecule has 0 unspecified atom stereocenters. The van der Waals surface area contributed by atoms with E-state index in [0.29, 0.717) is 6.54 Å². The maximum Gasteiger partial charge on any atom is 0.195 e. The Labute approximate surface area is 101 Å². The van der Waals surface area contributed by atoms with Gasteiger partial charge < -0.3 is 11.5 Å². The number of nitrogens with one attached hydrogen (secondary N) is 1. The standard InChI is InChI=1S/C10H15N5.ClH/c1-13-9(11)15-10(12)14-7-8-5-3-2-4-6-8;/h2-6H,7H2,1H3,(H5,11,12,13,14,15);1H. The number of nitrogens with two attached hydrogens (primary N) is 2. The molecule has 0 atom stereocenters. The molecule has 0 spiro atoms. The van der Waals surface area contributed by atoms with Crippen molar-refractivity contribution < 1.29 is 0 Å². The third-order valence-electron chi connectivity index (χ3n) is 1.77. The van der Waals surface area contributed by atoms with E-state index >= 15 is 0 Å². The maximum absolute atomic E-state index is 5.58. The molecule has 5 nitrogen and oxygen atoms in total. The second kappa shape index (κ2) is 7.53. The van der Waals surface area contributed by atoms with Gasteiger partial charge in [-0.25, -0.2) is 4.99 Å². The fourth-order valence-electron chi connectivity index (χ4n) is 0.987. The lowest BCUT2D eigenvalue weighted by Crippen LogP contribution is -2.41. The van der Waals surface area contributed by atoms with Gasteiger partial charge in [-0.2, -0.15) is 0 Å². The van der Waals surface area contributed by atoms with E-state index < -0.39 is 0 Å². The van der Waals surface area contributed by atoms with Crippen LogP contribution in [0.4, 0.5) is 0 Å². The highest BCUT2D eigenvalue weighted by molar-refractivity contribution is 5.96. The van der Waals surface area contributed by atoms with Crippen LogP contribution in [-0.2, 0) is 6.54 Å². The number of hydrogen-bond donors (Lipinski definition) is 3. The SMILES string of the molecule is CN=C(N)NC(N)=NCc1ccccc1.Cl. The van der Waals surface area contributed by atoms with Gasteiger partial charge in [0.15, 0.2) is 11.9 Å². The van der Waals surface area contributed by atoms with Crippen molar-refractivity contribution >= 4 is 24.3 Å². The highest BCUT2D eigenvalue weighted by atomic mass is 35.5. The molecule has 1 aromatic rings. The number of guanidine groups is 2. The Hall–Kier alpha value is -1.75. The molecule has 0 aliphatic rings. The number of aliphatic imine (C=N–C) groups is 2. The minimum absolute atomic E-state index is 0. The van der Waals surface area contributed by atoms with Crippen molar-refractivity contribution in [1.82, 2.24) is 5.32 Å². The quantitative estimate of drug-likeness (QED) is 0.519. The smallest absolute Gasteiger partial charge is 0.195 e. The lowest BCUT2D eigenvalue weighted by Gasteiger charge is -2.03. The number of hydrogen-bond acceptors (Lipinski definition) is 2. The van der Waals surface area contributed by atoms with Crippen LogP contribution in [0.25, 0.3) is 0 Å². The van der Waals surface area contributed by atoms with Gasteiger partial charge in [-0.3, -0.25) is 10.3 Å². The van der Waals surface area contributed by atoms with E-state index in [2.05, 4.69) is 15.3 Å². The summed E-state index contributed by atoms with van der Waals surface area (Å²) in [5.74, 6) is 0.520. The van der Waals surface area contributed by atoms with Crippen molar-refractivity contribution in [2.75, 3.05) is 7.05 Å². The molecule has 0 aliphatic carbocycles. The van der Waals surface area contributed by atoms with Gasteiger partial charge in [-0.05, 0) is 5.56 Å². The Kier molecular flexibility index (Phi) is 6.71. The molecule has 0 fully saturated rings. The third kappa shape index (κ3) is 5.21. The van der Waals surface area contributed by atoms with Crippen LogP contribution in [0.15, 0.2) is 40.3 Å². The summed E-state index contributed by atoms with van der Waals surface area (Å²) in [7, 11) is 1.58. The van der Waals surface area contributed by atoms with Crippen LogP contribution in [0.1, 0.15) is 5.56 Å². The van der Waals surface area contributed by atoms with Crippen molar-refractivity contribution in [3.8, 4) is 0 Å². The summed E-state index contributed by atoms with van der Waals surface area (Å²) >= 11 is 0. The zero-order valence-electron chi connectivity index (χ0n) is 9.05. The largest absolute Gasteiger partial charge is 0.370 e. The first-order chi connectivity index (χ1) is 7.22. The highest BCUT2D eigenvalue weighted by Crippen LogP contribution is 1.99. The first-order valence-electron chi connectivity index (χ1n) is 4.55. The summed E-state index contributed by atoms with van der Waals surface area (Å²) in [5.41, 5.74) is 12.1. The predicted molar refractivity (Wildman–Crippen MR) is 69.7 cm³/mol. The predicted octanol–water partition coefficient (Wildman–Crippen LogP) is 0.457. The first kappa shape index (κ1) is 14.2. The molecule has 1 aromatic carbocycles. The average Bonchev–Trinajstić information content (AvgIpc) is 2.27. The summed E-state index contributed by atoms with van der Waals surface area (Å²) in [6.07, 6.45) is 0. The average molecular weight is 242 g/mol. The van der Waals surface area contributed by atoms with Crippen molar-refractivity contribution in [2.24, 2.45) is 21.5 Å². The number of nitrogens with zero attached hydrogens (tertiary/aromatic N) is 2. The maximum atomic E-state index is 5.58. The van der Waals surface area contributed by atoms with E-state index in [-0.39, 0.29) is 24.3 Å². The Bertz CT molecular complexity index is 361.